The number of nitrogens with one attached hydrogen (secondary N) is 1. The fourth-order valence-electron chi connectivity index (χ4n) is 7.77. The Balaban J connectivity index is 1.27. The van der Waals surface area contributed by atoms with Gasteiger partial charge in [-0.15, -0.1) is 0 Å². The largest absolute Gasteiger partial charge is 0.480 e. The van der Waals surface area contributed by atoms with E-state index in [-0.39, 0.29) is 5.70 Å². The second-order valence-electron chi connectivity index (χ2n) is 11.2. The highest BCUT2D eigenvalue weighted by molar-refractivity contribution is 6.15. The number of carbonyl (C=O) groups is 3. The number of aryl methyl sites for hydroxylation is 1. The quantitative estimate of drug-likeness (QED) is 0.493. The first kappa shape index (κ1) is 22.1. The second-order valence-corrected chi connectivity index (χ2v) is 11.2. The van der Waals surface area contributed by atoms with E-state index in [1.807, 2.05) is 19.9 Å². The number of hydrogen-bond acceptors (Lipinski definition) is 3. The minimum Gasteiger partial charge on any atom is -0.480 e. The number of rotatable bonds is 5. The average Bonchev–Trinajstić information content (AvgIpc) is 3.22. The number of benzene rings is 1. The van der Waals surface area contributed by atoms with Crippen molar-refractivity contribution >= 4 is 24.0 Å². The minimum atomic E-state index is -1.23. The molecule has 1 aromatic heterocycles. The molecule has 1 saturated heterocycles. The van der Waals surface area contributed by atoms with Gasteiger partial charge in [0.1, 0.15) is 12.2 Å². The van der Waals surface area contributed by atoms with Gasteiger partial charge in [-0.1, -0.05) is 12.1 Å². The number of nitrogens with zero attached hydrogens (tertiary/aromatic N) is 2. The summed E-state index contributed by atoms with van der Waals surface area (Å²) >= 11 is 0. The zero-order valence-electron chi connectivity index (χ0n) is 20.2. The number of carboxylic acids is 1. The Morgan fingerprint density at radius 1 is 1.06 bits per heavy atom. The van der Waals surface area contributed by atoms with E-state index in [9.17, 15) is 14.4 Å². The first-order valence-electron chi connectivity index (χ1n) is 12.6. The van der Waals surface area contributed by atoms with Crippen LogP contribution in [0.3, 0.4) is 0 Å². The maximum atomic E-state index is 12.5. The average molecular weight is 474 g/mol. The van der Waals surface area contributed by atoms with E-state index in [1.54, 1.807) is 6.08 Å². The summed E-state index contributed by atoms with van der Waals surface area (Å²) in [5, 5.41) is 11.5. The Morgan fingerprint density at radius 3 is 2.23 bits per heavy atom. The lowest BCUT2D eigenvalue weighted by atomic mass is 9.48. The summed E-state index contributed by atoms with van der Waals surface area (Å²) in [4.78, 5) is 36.3. The molecule has 0 atom stereocenters. The number of aromatic nitrogens is 1. The lowest BCUT2D eigenvalue weighted by molar-refractivity contribution is -0.140. The van der Waals surface area contributed by atoms with Crippen LogP contribution in [0.5, 0.6) is 0 Å². The predicted octanol–water partition coefficient (Wildman–Crippen LogP) is 4.54. The van der Waals surface area contributed by atoms with Crippen molar-refractivity contribution in [2.24, 2.45) is 17.8 Å². The third kappa shape index (κ3) is 3.60. The highest BCUT2D eigenvalue weighted by atomic mass is 16.4. The maximum Gasteiger partial charge on any atom is 0.329 e. The molecular weight excluding hydrogens is 442 g/mol. The van der Waals surface area contributed by atoms with Gasteiger partial charge in [0, 0.05) is 17.1 Å². The number of carbonyl (C=O) groups excluding carboxylic acids is 2. The van der Waals surface area contributed by atoms with E-state index in [1.165, 1.54) is 44.1 Å². The molecule has 4 aliphatic carbocycles. The van der Waals surface area contributed by atoms with Crippen LogP contribution in [0.1, 0.15) is 61.0 Å². The standard InChI is InChI=1S/C28H31N3O4/c1-16-7-21(11-24-26(34)30(15-25(32)33)27(35)29-24)17(2)31(16)23-5-3-22(4-6-23)28-12-18-8-19(13-28)10-20(9-18)14-28/h3-7,11,18-20H,8-10,12-15H2,1-2H3,(H,29,35)(H,32,33)/b24-11+. The molecule has 2 aromatic rings. The van der Waals surface area contributed by atoms with Crippen molar-refractivity contribution in [3.63, 3.8) is 0 Å². The number of carboxylic acid groups (broad SMARTS) is 1. The van der Waals surface area contributed by atoms with E-state index in [2.05, 4.69) is 34.1 Å². The molecule has 2 heterocycles. The smallest absolute Gasteiger partial charge is 0.329 e. The number of urea groups is 1. The van der Waals surface area contributed by atoms with Crippen molar-refractivity contribution in [2.45, 2.75) is 57.8 Å². The van der Waals surface area contributed by atoms with Crippen LogP contribution in [0.25, 0.3) is 11.8 Å². The topological polar surface area (TPSA) is 91.6 Å². The van der Waals surface area contributed by atoms with Gasteiger partial charge in [-0.25, -0.2) is 9.69 Å². The fraction of sp³-hybridized carbons (Fsp3) is 0.464. The van der Waals surface area contributed by atoms with Gasteiger partial charge in [-0.3, -0.25) is 9.59 Å². The van der Waals surface area contributed by atoms with Crippen molar-refractivity contribution in [3.8, 4) is 5.69 Å². The highest BCUT2D eigenvalue weighted by Gasteiger charge is 2.51. The summed E-state index contributed by atoms with van der Waals surface area (Å²) in [7, 11) is 0. The zero-order valence-corrected chi connectivity index (χ0v) is 20.2. The summed E-state index contributed by atoms with van der Waals surface area (Å²) in [6, 6.07) is 10.3. The summed E-state index contributed by atoms with van der Waals surface area (Å²) in [5.74, 6) is 0.883. The van der Waals surface area contributed by atoms with Crippen LogP contribution in [0.15, 0.2) is 36.0 Å². The number of hydrogen-bond donors (Lipinski definition) is 2. The molecule has 1 aromatic carbocycles. The fourth-order valence-corrected chi connectivity index (χ4v) is 7.77. The molecule has 1 aliphatic heterocycles. The molecule has 182 valence electrons. The van der Waals surface area contributed by atoms with Gasteiger partial charge in [0.25, 0.3) is 5.91 Å². The van der Waals surface area contributed by atoms with Crippen LogP contribution < -0.4 is 5.32 Å². The normalized spacial score (nSPS) is 30.4. The first-order valence-corrected chi connectivity index (χ1v) is 12.6. The van der Waals surface area contributed by atoms with Gasteiger partial charge >= 0.3 is 12.0 Å². The first-order chi connectivity index (χ1) is 16.7. The Hall–Kier alpha value is -3.35. The van der Waals surface area contributed by atoms with Crippen molar-refractivity contribution in [3.05, 3.63) is 58.5 Å². The Morgan fingerprint density at radius 2 is 1.66 bits per heavy atom. The molecular formula is C28H31N3O4. The Kier molecular flexibility index (Phi) is 4.95. The summed E-state index contributed by atoms with van der Waals surface area (Å²) in [6.45, 7) is 3.35. The second kappa shape index (κ2) is 7.83. The lowest BCUT2D eigenvalue weighted by Crippen LogP contribution is -2.48. The van der Waals surface area contributed by atoms with Crippen LogP contribution in [0.2, 0.25) is 0 Å². The van der Waals surface area contributed by atoms with Crippen LogP contribution in [0, 0.1) is 31.6 Å². The summed E-state index contributed by atoms with van der Waals surface area (Å²) in [5.41, 5.74) is 5.82. The molecule has 7 heteroatoms. The zero-order chi connectivity index (χ0) is 24.5. The minimum absolute atomic E-state index is 0.0914. The van der Waals surface area contributed by atoms with Gasteiger partial charge in [0.15, 0.2) is 0 Å². The third-order valence-corrected chi connectivity index (χ3v) is 8.80. The molecule has 4 bridgehead atoms. The van der Waals surface area contributed by atoms with Gasteiger partial charge in [0.2, 0.25) is 0 Å². The monoisotopic (exact) mass is 473 g/mol. The highest BCUT2D eigenvalue weighted by Crippen LogP contribution is 2.60. The summed E-state index contributed by atoms with van der Waals surface area (Å²) < 4.78 is 2.16. The molecule has 0 unspecified atom stereocenters. The van der Waals surface area contributed by atoms with Gasteiger partial charge in [-0.2, -0.15) is 0 Å². The van der Waals surface area contributed by atoms with Crippen LogP contribution >= 0.6 is 0 Å². The van der Waals surface area contributed by atoms with Crippen molar-refractivity contribution in [2.75, 3.05) is 6.54 Å². The van der Waals surface area contributed by atoms with Gasteiger partial charge in [0.05, 0.1) is 0 Å². The van der Waals surface area contributed by atoms with E-state index in [4.69, 9.17) is 5.11 Å². The Bertz CT molecular complexity index is 1230. The molecule has 5 aliphatic rings. The maximum absolute atomic E-state index is 12.5. The van der Waals surface area contributed by atoms with E-state index < -0.39 is 24.5 Å². The number of amides is 3. The van der Waals surface area contributed by atoms with E-state index in [0.717, 1.165) is 40.4 Å². The lowest BCUT2D eigenvalue weighted by Gasteiger charge is -2.57. The molecule has 5 fully saturated rings. The van der Waals surface area contributed by atoms with E-state index in [0.29, 0.717) is 10.3 Å². The summed E-state index contributed by atoms with van der Waals surface area (Å²) in [6.07, 6.45) is 9.98. The molecule has 2 N–H and O–H groups in total. The molecule has 0 radical (unpaired) electrons. The Labute approximate surface area is 204 Å². The van der Waals surface area contributed by atoms with Crippen LogP contribution in [-0.4, -0.2) is 39.0 Å². The SMILES string of the molecule is Cc1cc(/C=C2/NC(=O)N(CC(=O)O)C2=O)c(C)n1-c1ccc(C23CC4CC(CC(C4)C2)C3)cc1. The molecule has 7 rings (SSSR count). The third-order valence-electron chi connectivity index (χ3n) is 8.80. The van der Waals surface area contributed by atoms with Crippen molar-refractivity contribution < 1.29 is 19.5 Å². The van der Waals surface area contributed by atoms with Crippen LogP contribution in [-0.2, 0) is 15.0 Å². The molecule has 4 saturated carbocycles. The van der Waals surface area contributed by atoms with Crippen LogP contribution in [0.4, 0.5) is 4.79 Å². The van der Waals surface area contributed by atoms with Crippen molar-refractivity contribution in [1.29, 1.82) is 0 Å². The number of aliphatic carboxylic acids is 1. The molecule has 0 spiro atoms. The number of imide groups is 1. The molecule has 35 heavy (non-hydrogen) atoms. The van der Waals surface area contributed by atoms with E-state index >= 15 is 0 Å². The molecule has 7 nitrogen and oxygen atoms in total. The van der Waals surface area contributed by atoms with Crippen molar-refractivity contribution in [1.82, 2.24) is 14.8 Å². The van der Waals surface area contributed by atoms with Gasteiger partial charge in [-0.05, 0) is 111 Å². The predicted molar refractivity (Wildman–Crippen MR) is 131 cm³/mol. The van der Waals surface area contributed by atoms with Gasteiger partial charge < -0.3 is 15.0 Å². The molecule has 3 amide bonds.